The van der Waals surface area contributed by atoms with E-state index in [9.17, 15) is 44.7 Å². The van der Waals surface area contributed by atoms with Gasteiger partial charge in [0.15, 0.2) is 0 Å². The van der Waals surface area contributed by atoms with Crippen LogP contribution in [0.2, 0.25) is 15.1 Å². The number of nitrogens with one attached hydrogen (secondary N) is 2. The van der Waals surface area contributed by atoms with Crippen LogP contribution in [0, 0.1) is 0 Å². The lowest BCUT2D eigenvalue weighted by Crippen LogP contribution is -2.41. The number of amides is 2. The van der Waals surface area contributed by atoms with Gasteiger partial charge in [0.1, 0.15) is 12.4 Å². The minimum absolute atomic E-state index is 0.161. The fraction of sp³-hybridized carbons (Fsp3) is 0.304. The number of halogens is 12. The van der Waals surface area contributed by atoms with Gasteiger partial charge in [-0.25, -0.2) is 13.2 Å². The first-order valence-electron chi connectivity index (χ1n) is 10.4. The summed E-state index contributed by atoms with van der Waals surface area (Å²) in [5.74, 6) is -10.1. The minimum Gasteiger partial charge on any atom is -0.345 e. The van der Waals surface area contributed by atoms with Crippen LogP contribution in [0.4, 0.5) is 39.5 Å². The molecule has 0 spiro atoms. The third kappa shape index (κ3) is 9.21. The predicted octanol–water partition coefficient (Wildman–Crippen LogP) is 7.82. The third-order valence-electron chi connectivity index (χ3n) is 4.97. The zero-order valence-electron chi connectivity index (χ0n) is 19.3. The van der Waals surface area contributed by atoms with Crippen LogP contribution in [-0.2, 0) is 11.0 Å². The van der Waals surface area contributed by atoms with E-state index in [0.29, 0.717) is 25.1 Å². The number of allylic oxidation sites excluding steroid dienone is 1. The molecule has 39 heavy (non-hydrogen) atoms. The highest BCUT2D eigenvalue weighted by Crippen LogP contribution is 2.42. The van der Waals surface area contributed by atoms with Crippen molar-refractivity contribution in [3.05, 3.63) is 73.7 Å². The molecule has 0 saturated carbocycles. The van der Waals surface area contributed by atoms with E-state index in [4.69, 9.17) is 34.8 Å². The zero-order chi connectivity index (χ0) is 29.9. The van der Waals surface area contributed by atoms with Gasteiger partial charge in [0, 0.05) is 12.5 Å². The van der Waals surface area contributed by atoms with Crippen LogP contribution in [0.3, 0.4) is 0 Å². The lowest BCUT2D eigenvalue weighted by molar-refractivity contribution is -0.138. The summed E-state index contributed by atoms with van der Waals surface area (Å²) < 4.78 is 121. The first-order valence-corrected chi connectivity index (χ1v) is 11.6. The van der Waals surface area contributed by atoms with Crippen LogP contribution < -0.4 is 10.6 Å². The van der Waals surface area contributed by atoms with Crippen molar-refractivity contribution in [2.45, 2.75) is 31.1 Å². The first kappa shape index (κ1) is 32.6. The van der Waals surface area contributed by atoms with Gasteiger partial charge in [-0.15, -0.1) is 0 Å². The summed E-state index contributed by atoms with van der Waals surface area (Å²) in [6.07, 6.45) is -9.67. The molecule has 0 aliphatic rings. The van der Waals surface area contributed by atoms with Gasteiger partial charge in [-0.2, -0.15) is 26.3 Å². The summed E-state index contributed by atoms with van der Waals surface area (Å²) >= 11 is 17.5. The van der Waals surface area contributed by atoms with E-state index in [0.717, 1.165) is 12.1 Å². The molecule has 1 atom stereocenters. The number of benzene rings is 2. The highest BCUT2D eigenvalue weighted by Gasteiger charge is 2.38. The van der Waals surface area contributed by atoms with Crippen molar-refractivity contribution in [2.24, 2.45) is 0 Å². The average Bonchev–Trinajstić information content (AvgIpc) is 2.80. The summed E-state index contributed by atoms with van der Waals surface area (Å²) in [6.45, 7) is -2.40. The van der Waals surface area contributed by atoms with E-state index in [1.807, 2.05) is 0 Å². The lowest BCUT2D eigenvalue weighted by Gasteiger charge is -2.22. The van der Waals surface area contributed by atoms with E-state index >= 15 is 4.39 Å². The van der Waals surface area contributed by atoms with Gasteiger partial charge >= 0.3 is 12.4 Å². The van der Waals surface area contributed by atoms with E-state index < -0.39 is 71.6 Å². The molecule has 0 heterocycles. The molecular weight excluding hydrogens is 614 g/mol. The molecule has 4 nitrogen and oxygen atoms in total. The molecule has 0 radical (unpaired) electrons. The largest absolute Gasteiger partial charge is 0.417 e. The second kappa shape index (κ2) is 12.3. The van der Waals surface area contributed by atoms with Crippen molar-refractivity contribution in [2.75, 3.05) is 13.1 Å². The molecule has 2 amide bonds. The van der Waals surface area contributed by atoms with Gasteiger partial charge in [0.2, 0.25) is 5.91 Å². The quantitative estimate of drug-likeness (QED) is 0.231. The summed E-state index contributed by atoms with van der Waals surface area (Å²) in [5.41, 5.74) is -3.93. The molecule has 2 aromatic rings. The molecule has 16 heteroatoms. The Balaban J connectivity index is 2.41. The Kier molecular flexibility index (Phi) is 10.2. The number of hydrogen-bond acceptors (Lipinski definition) is 2. The molecule has 1 unspecified atom stereocenters. The van der Waals surface area contributed by atoms with Crippen molar-refractivity contribution in [1.82, 2.24) is 10.6 Å². The molecule has 0 fully saturated rings. The SMILES string of the molecule is CC(F)(F)C(C=C(F)c1ccc(C(=O)NCC(=O)NCC(F)(F)F)c(C(F)(F)F)c1)c1cc(Cl)c(Cl)c(Cl)c1. The van der Waals surface area contributed by atoms with Gasteiger partial charge in [-0.3, -0.25) is 9.59 Å². The molecule has 0 aromatic heterocycles. The van der Waals surface area contributed by atoms with Crippen LogP contribution in [0.25, 0.3) is 5.83 Å². The van der Waals surface area contributed by atoms with E-state index in [1.165, 1.54) is 5.32 Å². The van der Waals surface area contributed by atoms with E-state index in [2.05, 4.69) is 0 Å². The fourth-order valence-electron chi connectivity index (χ4n) is 3.17. The fourth-order valence-corrected chi connectivity index (χ4v) is 3.79. The smallest absolute Gasteiger partial charge is 0.345 e. The Labute approximate surface area is 230 Å². The lowest BCUT2D eigenvalue weighted by atomic mass is 9.91. The van der Waals surface area contributed by atoms with Crippen molar-refractivity contribution in [1.29, 1.82) is 0 Å². The Morgan fingerprint density at radius 3 is 1.97 bits per heavy atom. The summed E-state index contributed by atoms with van der Waals surface area (Å²) in [4.78, 5) is 23.6. The molecule has 0 bridgehead atoms. The van der Waals surface area contributed by atoms with Gasteiger partial charge < -0.3 is 10.6 Å². The summed E-state index contributed by atoms with van der Waals surface area (Å²) in [6, 6.07) is 3.36. The molecule has 2 rings (SSSR count). The van der Waals surface area contributed by atoms with Crippen LogP contribution in [-0.4, -0.2) is 37.0 Å². The summed E-state index contributed by atoms with van der Waals surface area (Å²) in [7, 11) is 0. The topological polar surface area (TPSA) is 58.2 Å². The number of carbonyl (C=O) groups excluding carboxylic acids is 2. The first-order chi connectivity index (χ1) is 17.7. The van der Waals surface area contributed by atoms with Crippen LogP contribution in [0.1, 0.15) is 39.9 Å². The van der Waals surface area contributed by atoms with Crippen LogP contribution >= 0.6 is 34.8 Å². The van der Waals surface area contributed by atoms with Crippen molar-refractivity contribution < 1.29 is 49.1 Å². The van der Waals surface area contributed by atoms with Crippen LogP contribution in [0.5, 0.6) is 0 Å². The average molecular weight is 630 g/mol. The summed E-state index contributed by atoms with van der Waals surface area (Å²) in [5, 5.41) is 2.51. The number of alkyl halides is 8. The second-order valence-corrected chi connectivity index (χ2v) is 9.27. The van der Waals surface area contributed by atoms with Gasteiger partial charge in [-0.1, -0.05) is 40.9 Å². The maximum atomic E-state index is 15.0. The van der Waals surface area contributed by atoms with Crippen molar-refractivity contribution in [3.63, 3.8) is 0 Å². The van der Waals surface area contributed by atoms with E-state index in [-0.39, 0.29) is 26.7 Å². The highest BCUT2D eigenvalue weighted by atomic mass is 35.5. The third-order valence-corrected chi connectivity index (χ3v) is 6.16. The van der Waals surface area contributed by atoms with Crippen molar-refractivity contribution in [3.8, 4) is 0 Å². The Morgan fingerprint density at radius 2 is 1.49 bits per heavy atom. The molecule has 0 aliphatic heterocycles. The van der Waals surface area contributed by atoms with Gasteiger partial charge in [0.25, 0.3) is 11.8 Å². The Bertz CT molecular complexity index is 1250. The Morgan fingerprint density at radius 1 is 0.923 bits per heavy atom. The minimum atomic E-state index is -5.26. The maximum absolute atomic E-state index is 15.0. The van der Waals surface area contributed by atoms with Crippen molar-refractivity contribution >= 4 is 52.4 Å². The van der Waals surface area contributed by atoms with E-state index in [1.54, 1.807) is 5.32 Å². The molecule has 2 N–H and O–H groups in total. The zero-order valence-corrected chi connectivity index (χ0v) is 21.6. The van der Waals surface area contributed by atoms with Crippen LogP contribution in [0.15, 0.2) is 36.4 Å². The molecule has 2 aromatic carbocycles. The second-order valence-electron chi connectivity index (χ2n) is 8.08. The molecular formula is C23H16Cl3F9N2O2. The normalized spacial score (nSPS) is 13.7. The number of rotatable bonds is 8. The van der Waals surface area contributed by atoms with Gasteiger partial charge in [0.05, 0.1) is 38.7 Å². The molecule has 214 valence electrons. The molecule has 0 aliphatic carbocycles. The number of carbonyl (C=O) groups is 2. The number of hydrogen-bond donors (Lipinski definition) is 2. The molecule has 0 saturated heterocycles. The predicted molar refractivity (Wildman–Crippen MR) is 127 cm³/mol. The highest BCUT2D eigenvalue weighted by molar-refractivity contribution is 6.48. The Hall–Kier alpha value is -2.64. The monoisotopic (exact) mass is 628 g/mol. The maximum Gasteiger partial charge on any atom is 0.417 e. The van der Waals surface area contributed by atoms with Gasteiger partial charge in [-0.05, 0) is 35.9 Å². The standard InChI is InChI=1S/C23H16Cl3F9N2O2/c1-21(28,29)13(11-5-15(24)19(26)16(25)6-11)7-17(27)10-2-3-12(14(4-10)23(33,34)35)20(39)36-8-18(38)37-9-22(30,31)32/h2-7,13H,8-9H2,1H3,(H,36,39)(H,37,38).